The summed E-state index contributed by atoms with van der Waals surface area (Å²) in [6.07, 6.45) is 2.88. The van der Waals surface area contributed by atoms with E-state index < -0.39 is 34.9 Å². The highest BCUT2D eigenvalue weighted by Crippen LogP contribution is 2.36. The fraction of sp³-hybridized carbons (Fsp3) is 0.389. The minimum atomic E-state index is -1.31. The van der Waals surface area contributed by atoms with E-state index in [9.17, 15) is 25.2 Å². The van der Waals surface area contributed by atoms with Crippen molar-refractivity contribution in [3.8, 4) is 17.2 Å². The Labute approximate surface area is 150 Å². The average molecular weight is 366 g/mol. The molecule has 1 aromatic carbocycles. The number of rotatable bonds is 6. The summed E-state index contributed by atoms with van der Waals surface area (Å²) < 4.78 is 15.7. The van der Waals surface area contributed by atoms with Crippen molar-refractivity contribution < 1.29 is 39.4 Å². The summed E-state index contributed by atoms with van der Waals surface area (Å²) in [6.45, 7) is 1.65. The maximum absolute atomic E-state index is 12.1. The van der Waals surface area contributed by atoms with Crippen molar-refractivity contribution in [1.29, 1.82) is 0 Å². The molecule has 0 spiro atoms. The topological polar surface area (TPSA) is 126 Å². The Balaban J connectivity index is 2.16. The van der Waals surface area contributed by atoms with Crippen molar-refractivity contribution in [2.24, 2.45) is 0 Å². The first-order valence-corrected chi connectivity index (χ1v) is 7.90. The van der Waals surface area contributed by atoms with Gasteiger partial charge in [-0.25, -0.2) is 4.79 Å². The molecule has 142 valence electrons. The minimum Gasteiger partial charge on any atom is -0.504 e. The molecule has 0 aromatic heterocycles. The van der Waals surface area contributed by atoms with Crippen LogP contribution in [0.4, 0.5) is 0 Å². The smallest absolute Gasteiger partial charge is 0.338 e. The molecule has 2 unspecified atom stereocenters. The minimum absolute atomic E-state index is 0.126. The van der Waals surface area contributed by atoms with Crippen LogP contribution in [0.3, 0.4) is 0 Å². The lowest BCUT2D eigenvalue weighted by Crippen LogP contribution is -2.46. The molecule has 2 rings (SSSR count). The lowest BCUT2D eigenvalue weighted by atomic mass is 9.85. The summed E-state index contributed by atoms with van der Waals surface area (Å²) in [5.41, 5.74) is -0.892. The van der Waals surface area contributed by atoms with E-state index in [0.29, 0.717) is 17.8 Å². The molecule has 0 radical (unpaired) electrons. The van der Waals surface area contributed by atoms with Crippen LogP contribution in [0.25, 0.3) is 0 Å². The SMILES string of the molecule is CCC1(O)C(OC)=CC(COC(=O)c2cc(O)c(O)c(O)c2)=CC1OC. The molecule has 4 N–H and O–H groups in total. The number of methoxy groups -OCH3 is 2. The van der Waals surface area contributed by atoms with Crippen molar-refractivity contribution in [2.75, 3.05) is 20.8 Å². The number of phenolic OH excluding ortho intramolecular Hbond substituents is 3. The number of carbonyl (C=O) groups is 1. The second-order valence-corrected chi connectivity index (χ2v) is 5.83. The van der Waals surface area contributed by atoms with Crippen LogP contribution < -0.4 is 0 Å². The fourth-order valence-electron chi connectivity index (χ4n) is 2.73. The van der Waals surface area contributed by atoms with Gasteiger partial charge in [-0.05, 0) is 36.3 Å². The monoisotopic (exact) mass is 366 g/mol. The van der Waals surface area contributed by atoms with Crippen LogP contribution in [0, 0.1) is 0 Å². The van der Waals surface area contributed by atoms with Gasteiger partial charge in [-0.1, -0.05) is 6.92 Å². The predicted octanol–water partition coefficient (Wildman–Crippen LogP) is 1.59. The first-order valence-electron chi connectivity index (χ1n) is 7.90. The molecule has 0 amide bonds. The maximum Gasteiger partial charge on any atom is 0.338 e. The van der Waals surface area contributed by atoms with E-state index in [2.05, 4.69) is 0 Å². The number of hydrogen-bond donors (Lipinski definition) is 4. The van der Waals surface area contributed by atoms with E-state index in [1.54, 1.807) is 19.1 Å². The van der Waals surface area contributed by atoms with Crippen molar-refractivity contribution in [2.45, 2.75) is 25.0 Å². The van der Waals surface area contributed by atoms with Crippen LogP contribution in [0.1, 0.15) is 23.7 Å². The molecular weight excluding hydrogens is 344 g/mol. The van der Waals surface area contributed by atoms with Gasteiger partial charge in [0.25, 0.3) is 0 Å². The van der Waals surface area contributed by atoms with Crippen molar-refractivity contribution >= 4 is 5.97 Å². The number of phenols is 3. The fourth-order valence-corrected chi connectivity index (χ4v) is 2.73. The summed E-state index contributed by atoms with van der Waals surface area (Å²) in [6, 6.07) is 1.97. The number of aliphatic hydroxyl groups is 1. The number of aromatic hydroxyl groups is 3. The van der Waals surface area contributed by atoms with Crippen LogP contribution in [0.2, 0.25) is 0 Å². The van der Waals surface area contributed by atoms with Gasteiger partial charge in [-0.2, -0.15) is 0 Å². The predicted molar refractivity (Wildman–Crippen MR) is 90.9 cm³/mol. The first-order chi connectivity index (χ1) is 12.3. The Morgan fingerprint density at radius 2 is 1.81 bits per heavy atom. The molecule has 1 aromatic rings. The van der Waals surface area contributed by atoms with Gasteiger partial charge in [0.1, 0.15) is 18.5 Å². The summed E-state index contributed by atoms with van der Waals surface area (Å²) in [7, 11) is 2.88. The summed E-state index contributed by atoms with van der Waals surface area (Å²) in [4.78, 5) is 12.1. The van der Waals surface area contributed by atoms with Gasteiger partial charge < -0.3 is 34.6 Å². The number of hydrogen-bond acceptors (Lipinski definition) is 8. The van der Waals surface area contributed by atoms with E-state index in [4.69, 9.17) is 14.2 Å². The molecule has 0 heterocycles. The van der Waals surface area contributed by atoms with Crippen LogP contribution in [0.5, 0.6) is 17.2 Å². The molecule has 0 aliphatic heterocycles. The average Bonchev–Trinajstić information content (AvgIpc) is 2.64. The highest BCUT2D eigenvalue weighted by atomic mass is 16.5. The maximum atomic E-state index is 12.1. The molecule has 1 aliphatic carbocycles. The number of ether oxygens (including phenoxy) is 3. The molecule has 26 heavy (non-hydrogen) atoms. The highest BCUT2D eigenvalue weighted by molar-refractivity contribution is 5.91. The zero-order valence-corrected chi connectivity index (χ0v) is 14.7. The van der Waals surface area contributed by atoms with Crippen LogP contribution in [-0.4, -0.2) is 58.9 Å². The molecule has 2 atom stereocenters. The standard InChI is InChI=1S/C18H22O8/c1-4-18(23)14(24-2)5-10(6-15(18)25-3)9-26-17(22)11-7-12(19)16(21)13(20)8-11/h5-8,14,19-21,23H,4,9H2,1-3H3. The van der Waals surface area contributed by atoms with Gasteiger partial charge in [0.15, 0.2) is 22.8 Å². The van der Waals surface area contributed by atoms with E-state index in [-0.39, 0.29) is 12.2 Å². The zero-order valence-electron chi connectivity index (χ0n) is 14.7. The van der Waals surface area contributed by atoms with Gasteiger partial charge in [-0.3, -0.25) is 0 Å². The highest BCUT2D eigenvalue weighted by Gasteiger charge is 2.42. The molecule has 8 nitrogen and oxygen atoms in total. The summed E-state index contributed by atoms with van der Waals surface area (Å²) in [5.74, 6) is -2.51. The van der Waals surface area contributed by atoms with E-state index in [0.717, 1.165) is 12.1 Å². The lowest BCUT2D eigenvalue weighted by Gasteiger charge is -2.36. The molecule has 0 fully saturated rings. The van der Waals surface area contributed by atoms with Crippen molar-refractivity contribution in [1.82, 2.24) is 0 Å². The van der Waals surface area contributed by atoms with Gasteiger partial charge in [-0.15, -0.1) is 0 Å². The van der Waals surface area contributed by atoms with E-state index >= 15 is 0 Å². The van der Waals surface area contributed by atoms with Crippen LogP contribution >= 0.6 is 0 Å². The Hall–Kier alpha value is -2.71. The molecule has 0 saturated carbocycles. The molecule has 1 aliphatic rings. The van der Waals surface area contributed by atoms with Gasteiger partial charge in [0, 0.05) is 7.11 Å². The number of esters is 1. The molecule has 0 saturated heterocycles. The Morgan fingerprint density at radius 3 is 2.31 bits per heavy atom. The summed E-state index contributed by atoms with van der Waals surface area (Å²) in [5, 5.41) is 39.0. The quantitative estimate of drug-likeness (QED) is 0.442. The summed E-state index contributed by atoms with van der Waals surface area (Å²) >= 11 is 0. The third-order valence-electron chi connectivity index (χ3n) is 4.27. The number of benzene rings is 1. The third-order valence-corrected chi connectivity index (χ3v) is 4.27. The number of carbonyl (C=O) groups excluding carboxylic acids is 1. The van der Waals surface area contributed by atoms with Crippen molar-refractivity contribution in [3.05, 3.63) is 41.2 Å². The van der Waals surface area contributed by atoms with Crippen LogP contribution in [0.15, 0.2) is 35.6 Å². The lowest BCUT2D eigenvalue weighted by molar-refractivity contribution is -0.0774. The largest absolute Gasteiger partial charge is 0.504 e. The van der Waals surface area contributed by atoms with Crippen molar-refractivity contribution in [3.63, 3.8) is 0 Å². The van der Waals surface area contributed by atoms with Gasteiger partial charge in [0.2, 0.25) is 0 Å². The second kappa shape index (κ2) is 7.67. The third kappa shape index (κ3) is 3.61. The van der Waals surface area contributed by atoms with Gasteiger partial charge in [0.05, 0.1) is 12.7 Å². The first kappa shape index (κ1) is 19.6. The van der Waals surface area contributed by atoms with Gasteiger partial charge >= 0.3 is 5.97 Å². The molecule has 8 heteroatoms. The normalized spacial score (nSPS) is 22.4. The zero-order chi connectivity index (χ0) is 19.5. The van der Waals surface area contributed by atoms with Crippen LogP contribution in [-0.2, 0) is 14.2 Å². The van der Waals surface area contributed by atoms with E-state index in [1.165, 1.54) is 14.2 Å². The second-order valence-electron chi connectivity index (χ2n) is 5.83. The Bertz CT molecular complexity index is 729. The molecule has 0 bridgehead atoms. The Kier molecular flexibility index (Phi) is 5.79. The Morgan fingerprint density at radius 1 is 1.19 bits per heavy atom. The molecular formula is C18H22O8. The van der Waals surface area contributed by atoms with E-state index in [1.807, 2.05) is 0 Å².